The number of allylic oxidation sites excluding steroid dienone is 2. The van der Waals surface area contributed by atoms with Crippen LogP contribution in [0.3, 0.4) is 0 Å². The maximum Gasteiger partial charge on any atom is 0.0651 e. The summed E-state index contributed by atoms with van der Waals surface area (Å²) in [5.41, 5.74) is 1.57. The summed E-state index contributed by atoms with van der Waals surface area (Å²) in [6, 6.07) is 0. The molecule has 0 heterocycles. The van der Waals surface area contributed by atoms with Gasteiger partial charge in [-0.15, -0.1) is 0 Å². The summed E-state index contributed by atoms with van der Waals surface area (Å²) in [6.45, 7) is 8.82. The van der Waals surface area contributed by atoms with Crippen LogP contribution >= 0.6 is 0 Å². The van der Waals surface area contributed by atoms with Gasteiger partial charge in [-0.25, -0.2) is 0 Å². The van der Waals surface area contributed by atoms with Gasteiger partial charge in [0, 0.05) is 0 Å². The first-order valence-electron chi connectivity index (χ1n) is 6.71. The molecule has 2 fully saturated rings. The van der Waals surface area contributed by atoms with Crippen molar-refractivity contribution in [2.45, 2.75) is 65.4 Å². The Hall–Kier alpha value is -0.300. The molecule has 1 nitrogen and oxygen atoms in total. The van der Waals surface area contributed by atoms with Gasteiger partial charge in [-0.1, -0.05) is 18.6 Å². The SMILES string of the molecule is CC(C)=CCC[C@@]1(C)CC[C@](C)(O)[C@@H]2C[C@@H]21. The van der Waals surface area contributed by atoms with E-state index >= 15 is 0 Å². The zero-order chi connectivity index (χ0) is 12.0. The first kappa shape index (κ1) is 12.2. The van der Waals surface area contributed by atoms with Crippen molar-refractivity contribution in [1.82, 2.24) is 0 Å². The molecule has 1 heteroatoms. The Morgan fingerprint density at radius 1 is 1.25 bits per heavy atom. The van der Waals surface area contributed by atoms with Crippen molar-refractivity contribution in [3.8, 4) is 0 Å². The minimum Gasteiger partial charge on any atom is -0.390 e. The van der Waals surface area contributed by atoms with Gasteiger partial charge in [0.15, 0.2) is 0 Å². The maximum absolute atomic E-state index is 10.2. The molecule has 2 rings (SSSR count). The lowest BCUT2D eigenvalue weighted by atomic mass is 9.68. The fraction of sp³-hybridized carbons (Fsp3) is 0.867. The number of rotatable bonds is 3. The molecule has 0 spiro atoms. The summed E-state index contributed by atoms with van der Waals surface area (Å²) in [4.78, 5) is 0. The Morgan fingerprint density at radius 2 is 1.94 bits per heavy atom. The van der Waals surface area contributed by atoms with Crippen LogP contribution in [0, 0.1) is 17.3 Å². The predicted molar refractivity (Wildman–Crippen MR) is 68.2 cm³/mol. The first-order valence-corrected chi connectivity index (χ1v) is 6.71. The van der Waals surface area contributed by atoms with E-state index in [0.717, 1.165) is 12.3 Å². The van der Waals surface area contributed by atoms with Crippen molar-refractivity contribution in [3.05, 3.63) is 11.6 Å². The molecule has 0 saturated heterocycles. The molecule has 0 radical (unpaired) electrons. The highest BCUT2D eigenvalue weighted by atomic mass is 16.3. The molecule has 2 aliphatic rings. The Balaban J connectivity index is 1.93. The molecule has 16 heavy (non-hydrogen) atoms. The van der Waals surface area contributed by atoms with Crippen molar-refractivity contribution in [1.29, 1.82) is 0 Å². The largest absolute Gasteiger partial charge is 0.390 e. The van der Waals surface area contributed by atoms with Gasteiger partial charge in [-0.05, 0) is 70.1 Å². The van der Waals surface area contributed by atoms with Gasteiger partial charge in [-0.2, -0.15) is 0 Å². The molecule has 0 amide bonds. The van der Waals surface area contributed by atoms with E-state index in [1.54, 1.807) is 0 Å². The average molecular weight is 222 g/mol. The number of aliphatic hydroxyl groups is 1. The molecule has 92 valence electrons. The van der Waals surface area contributed by atoms with Crippen molar-refractivity contribution < 1.29 is 5.11 Å². The predicted octanol–water partition coefficient (Wildman–Crippen LogP) is 3.92. The van der Waals surface area contributed by atoms with Gasteiger partial charge in [0.25, 0.3) is 0 Å². The van der Waals surface area contributed by atoms with Crippen LogP contribution in [0.4, 0.5) is 0 Å². The van der Waals surface area contributed by atoms with Gasteiger partial charge in [0.2, 0.25) is 0 Å². The molecule has 0 bridgehead atoms. The fourth-order valence-electron chi connectivity index (χ4n) is 3.56. The standard InChI is InChI=1S/C15H26O/c1-11(2)6-5-7-14(3)8-9-15(4,16)13-10-12(13)14/h6,12-13,16H,5,7-10H2,1-4H3/t12-,13+,14-,15-/m0/s1. The summed E-state index contributed by atoms with van der Waals surface area (Å²) in [5, 5.41) is 10.2. The molecule has 2 saturated carbocycles. The number of hydrogen-bond donors (Lipinski definition) is 1. The Morgan fingerprint density at radius 3 is 2.56 bits per heavy atom. The van der Waals surface area contributed by atoms with E-state index in [0.29, 0.717) is 11.3 Å². The van der Waals surface area contributed by atoms with E-state index in [1.165, 1.54) is 31.3 Å². The van der Waals surface area contributed by atoms with Crippen LogP contribution in [-0.4, -0.2) is 10.7 Å². The van der Waals surface area contributed by atoms with E-state index in [1.807, 2.05) is 6.92 Å². The summed E-state index contributed by atoms with van der Waals surface area (Å²) in [7, 11) is 0. The molecule has 1 N–H and O–H groups in total. The molecule has 0 aromatic carbocycles. The first-order chi connectivity index (χ1) is 7.35. The molecule has 0 unspecified atom stereocenters. The highest BCUT2D eigenvalue weighted by Gasteiger charge is 2.60. The summed E-state index contributed by atoms with van der Waals surface area (Å²) in [5.74, 6) is 1.39. The molecule has 0 aromatic heterocycles. The highest BCUT2D eigenvalue weighted by Crippen LogP contribution is 2.64. The fourth-order valence-corrected chi connectivity index (χ4v) is 3.56. The monoisotopic (exact) mass is 222 g/mol. The maximum atomic E-state index is 10.2. The van der Waals surface area contributed by atoms with Crippen molar-refractivity contribution >= 4 is 0 Å². The molecule has 0 aliphatic heterocycles. The van der Waals surface area contributed by atoms with Crippen molar-refractivity contribution in [3.63, 3.8) is 0 Å². The van der Waals surface area contributed by atoms with Crippen LogP contribution in [0.25, 0.3) is 0 Å². The third-order valence-electron chi connectivity index (χ3n) is 4.95. The minimum absolute atomic E-state index is 0.360. The van der Waals surface area contributed by atoms with E-state index in [4.69, 9.17) is 0 Å². The summed E-state index contributed by atoms with van der Waals surface area (Å²) >= 11 is 0. The van der Waals surface area contributed by atoms with Gasteiger partial charge in [0.1, 0.15) is 0 Å². The van der Waals surface area contributed by atoms with Crippen LogP contribution in [0.2, 0.25) is 0 Å². The second kappa shape index (κ2) is 3.87. The second-order valence-corrected chi connectivity index (χ2v) is 6.78. The second-order valence-electron chi connectivity index (χ2n) is 6.78. The lowest BCUT2D eigenvalue weighted by molar-refractivity contribution is -0.0278. The lowest BCUT2D eigenvalue weighted by Gasteiger charge is -2.40. The zero-order valence-electron chi connectivity index (χ0n) is 11.2. The smallest absolute Gasteiger partial charge is 0.0651 e. The topological polar surface area (TPSA) is 20.2 Å². The number of hydrogen-bond acceptors (Lipinski definition) is 1. The van der Waals surface area contributed by atoms with E-state index < -0.39 is 0 Å². The van der Waals surface area contributed by atoms with Gasteiger partial charge >= 0.3 is 0 Å². The molecule has 4 atom stereocenters. The van der Waals surface area contributed by atoms with Crippen LogP contribution in [-0.2, 0) is 0 Å². The molecular weight excluding hydrogens is 196 g/mol. The normalized spacial score (nSPS) is 46.1. The van der Waals surface area contributed by atoms with Crippen molar-refractivity contribution in [2.75, 3.05) is 0 Å². The Kier molecular flexibility index (Phi) is 2.94. The Bertz CT molecular complexity index is 299. The van der Waals surface area contributed by atoms with E-state index in [2.05, 4.69) is 26.8 Å². The minimum atomic E-state index is -0.360. The van der Waals surface area contributed by atoms with E-state index in [-0.39, 0.29) is 5.60 Å². The summed E-state index contributed by atoms with van der Waals surface area (Å²) in [6.07, 6.45) is 8.34. The van der Waals surface area contributed by atoms with Gasteiger partial charge in [-0.3, -0.25) is 0 Å². The number of fused-ring (bicyclic) bond motifs is 1. The van der Waals surface area contributed by atoms with Crippen LogP contribution in [0.5, 0.6) is 0 Å². The highest BCUT2D eigenvalue weighted by molar-refractivity contribution is 5.10. The lowest BCUT2D eigenvalue weighted by Crippen LogP contribution is -2.38. The average Bonchev–Trinajstić information content (AvgIpc) is 2.93. The van der Waals surface area contributed by atoms with Crippen LogP contribution in [0.1, 0.15) is 59.8 Å². The summed E-state index contributed by atoms with van der Waals surface area (Å²) < 4.78 is 0. The van der Waals surface area contributed by atoms with Gasteiger partial charge in [0.05, 0.1) is 5.60 Å². The molecule has 0 aromatic rings. The third kappa shape index (κ3) is 2.20. The molecular formula is C15H26O. The molecule has 2 aliphatic carbocycles. The third-order valence-corrected chi connectivity index (χ3v) is 4.95. The van der Waals surface area contributed by atoms with Crippen LogP contribution in [0.15, 0.2) is 11.6 Å². The van der Waals surface area contributed by atoms with Gasteiger partial charge < -0.3 is 5.11 Å². The van der Waals surface area contributed by atoms with Crippen LogP contribution < -0.4 is 0 Å². The van der Waals surface area contributed by atoms with Crippen molar-refractivity contribution in [2.24, 2.45) is 17.3 Å². The Labute approximate surface area is 99.9 Å². The quantitative estimate of drug-likeness (QED) is 0.718. The van der Waals surface area contributed by atoms with E-state index in [9.17, 15) is 5.11 Å². The zero-order valence-corrected chi connectivity index (χ0v) is 11.2.